The molecule has 3 heterocycles. The lowest BCUT2D eigenvalue weighted by atomic mass is 9.84. The summed E-state index contributed by atoms with van der Waals surface area (Å²) in [4.78, 5) is 12.7. The van der Waals surface area contributed by atoms with Crippen LogP contribution in [0.1, 0.15) is 62.3 Å². The second-order valence-corrected chi connectivity index (χ2v) is 13.3. The van der Waals surface area contributed by atoms with E-state index in [2.05, 4.69) is 25.6 Å². The lowest BCUT2D eigenvalue weighted by Crippen LogP contribution is -2.18. The van der Waals surface area contributed by atoms with Crippen molar-refractivity contribution in [1.82, 2.24) is 19.5 Å². The predicted octanol–water partition coefficient (Wildman–Crippen LogP) is 7.37. The molecule has 0 radical (unpaired) electrons. The monoisotopic (exact) mass is 678 g/mol. The molecular formula is C31H38F3N6O6P. The maximum Gasteiger partial charge on any atom is 0.421 e. The van der Waals surface area contributed by atoms with Crippen LogP contribution in [-0.2, 0) is 33.0 Å². The van der Waals surface area contributed by atoms with E-state index in [0.717, 1.165) is 0 Å². The maximum absolute atomic E-state index is 14.2. The second kappa shape index (κ2) is 14.1. The molecule has 1 saturated carbocycles. The smallest absolute Gasteiger partial charge is 0.421 e. The highest BCUT2D eigenvalue weighted by molar-refractivity contribution is 7.53. The van der Waals surface area contributed by atoms with Crippen LogP contribution < -0.4 is 15.4 Å². The highest BCUT2D eigenvalue weighted by Gasteiger charge is 2.36. The molecule has 16 heteroatoms. The van der Waals surface area contributed by atoms with Crippen molar-refractivity contribution in [3.63, 3.8) is 0 Å². The van der Waals surface area contributed by atoms with Crippen LogP contribution in [0, 0.1) is 0 Å². The number of nitrogens with one attached hydrogen (secondary N) is 2. The minimum atomic E-state index is -4.80. The van der Waals surface area contributed by atoms with Gasteiger partial charge in [-0.2, -0.15) is 18.2 Å². The Hall–Kier alpha value is -3.91. The van der Waals surface area contributed by atoms with Gasteiger partial charge in [0, 0.05) is 30.7 Å². The summed E-state index contributed by atoms with van der Waals surface area (Å²) in [7, 11) is -0.351. The van der Waals surface area contributed by atoms with E-state index in [-0.39, 0.29) is 48.9 Å². The van der Waals surface area contributed by atoms with Gasteiger partial charge in [-0.3, -0.25) is 9.55 Å². The Morgan fingerprint density at radius 3 is 2.38 bits per heavy atom. The number of aliphatic hydroxyl groups excluding tert-OH is 1. The standard InChI is InChI=1S/C31H38F3N6O6P/c1-5-45-47(43,46-6-2)17-18-7-12-23(25(13-18)44-4)38-30-36-14-22(31(32,33)34)28(39-30)37-24-15-35-27(19-8-10-20(41)11-9-19)21-16-40(3)29(42)26(21)24/h7,12-16,19-20,41-42H,5-6,8-11,17H2,1-4H3,(H2,36,37,38,39). The van der Waals surface area contributed by atoms with Gasteiger partial charge in [-0.05, 0) is 57.2 Å². The number of alkyl halides is 3. The quantitative estimate of drug-likeness (QED) is 0.111. The van der Waals surface area contributed by atoms with Gasteiger partial charge < -0.3 is 39.2 Å². The fourth-order valence-corrected chi connectivity index (χ4v) is 7.48. The number of aromatic nitrogens is 4. The van der Waals surface area contributed by atoms with Crippen molar-refractivity contribution in [2.75, 3.05) is 31.0 Å². The van der Waals surface area contributed by atoms with E-state index in [9.17, 15) is 27.9 Å². The van der Waals surface area contributed by atoms with Crippen molar-refractivity contribution < 1.29 is 41.7 Å². The summed E-state index contributed by atoms with van der Waals surface area (Å²) >= 11 is 0. The number of aryl methyl sites for hydroxylation is 1. The van der Waals surface area contributed by atoms with Gasteiger partial charge in [0.25, 0.3) is 0 Å². The number of hydrogen-bond donors (Lipinski definition) is 4. The van der Waals surface area contributed by atoms with Crippen LogP contribution in [-0.4, -0.2) is 56.2 Å². The number of ether oxygens (including phenoxy) is 1. The van der Waals surface area contributed by atoms with Crippen LogP contribution in [0.4, 0.5) is 36.3 Å². The number of nitrogens with zero attached hydrogens (tertiary/aromatic N) is 4. The first-order valence-corrected chi connectivity index (χ1v) is 17.0. The number of methoxy groups -OCH3 is 1. The third-order valence-electron chi connectivity index (χ3n) is 8.00. The SMILES string of the molecule is CCOP(=O)(Cc1ccc(Nc2ncc(C(F)(F)F)c(Nc3cnc(C4CCC(O)CC4)c4cn(C)c(O)c34)n2)c(OC)c1)OCC. The van der Waals surface area contributed by atoms with Gasteiger partial charge in [0.05, 0.1) is 61.2 Å². The van der Waals surface area contributed by atoms with E-state index in [1.807, 2.05) is 0 Å². The van der Waals surface area contributed by atoms with Gasteiger partial charge in [0.2, 0.25) is 11.8 Å². The Bertz CT molecular complexity index is 1770. The number of hydrogen-bond acceptors (Lipinski definition) is 11. The van der Waals surface area contributed by atoms with Crippen LogP contribution in [0.25, 0.3) is 10.8 Å². The summed E-state index contributed by atoms with van der Waals surface area (Å²) in [6, 6.07) is 4.88. The van der Waals surface area contributed by atoms with E-state index in [0.29, 0.717) is 65.3 Å². The van der Waals surface area contributed by atoms with E-state index in [1.165, 1.54) is 17.9 Å². The first-order valence-electron chi connectivity index (χ1n) is 15.2. The van der Waals surface area contributed by atoms with Gasteiger partial charge in [-0.25, -0.2) is 4.98 Å². The molecule has 1 aromatic carbocycles. The van der Waals surface area contributed by atoms with Crippen LogP contribution in [0.2, 0.25) is 0 Å². The molecule has 0 spiro atoms. The predicted molar refractivity (Wildman–Crippen MR) is 171 cm³/mol. The first-order chi connectivity index (χ1) is 22.4. The third-order valence-corrected chi connectivity index (χ3v) is 10.1. The molecule has 0 unspecified atom stereocenters. The summed E-state index contributed by atoms with van der Waals surface area (Å²) < 4.78 is 73.2. The Kier molecular flexibility index (Phi) is 10.3. The number of fused-ring (bicyclic) bond motifs is 1. The zero-order valence-corrected chi connectivity index (χ0v) is 27.4. The number of anilines is 4. The van der Waals surface area contributed by atoms with Crippen LogP contribution in [0.5, 0.6) is 11.6 Å². The molecule has 1 fully saturated rings. The van der Waals surface area contributed by atoms with Gasteiger partial charge >= 0.3 is 13.8 Å². The second-order valence-electron chi connectivity index (χ2n) is 11.3. The number of aromatic hydroxyl groups is 1. The molecule has 3 aromatic heterocycles. The largest absolute Gasteiger partial charge is 0.495 e. The number of halogens is 3. The number of aliphatic hydroxyl groups is 1. The summed E-state index contributed by atoms with van der Waals surface area (Å²) in [6.07, 6.45) is 1.21. The number of pyridine rings is 1. The average Bonchev–Trinajstić information content (AvgIpc) is 3.32. The maximum atomic E-state index is 14.2. The van der Waals surface area contributed by atoms with E-state index < -0.39 is 25.2 Å². The van der Waals surface area contributed by atoms with Crippen molar-refractivity contribution >= 4 is 41.5 Å². The summed E-state index contributed by atoms with van der Waals surface area (Å²) in [6.45, 7) is 3.84. The molecule has 5 rings (SSSR count). The highest BCUT2D eigenvalue weighted by atomic mass is 31.2. The summed E-state index contributed by atoms with van der Waals surface area (Å²) in [5, 5.41) is 27.5. The molecule has 1 aliphatic rings. The molecular weight excluding hydrogens is 640 g/mol. The van der Waals surface area contributed by atoms with Crippen molar-refractivity contribution in [2.24, 2.45) is 7.05 Å². The lowest BCUT2D eigenvalue weighted by Gasteiger charge is -2.25. The van der Waals surface area contributed by atoms with E-state index in [4.69, 9.17) is 13.8 Å². The third kappa shape index (κ3) is 7.64. The minimum Gasteiger partial charge on any atom is -0.495 e. The van der Waals surface area contributed by atoms with E-state index in [1.54, 1.807) is 45.3 Å². The van der Waals surface area contributed by atoms with Gasteiger partial charge in [0.1, 0.15) is 17.1 Å². The normalized spacial score (nSPS) is 17.2. The Morgan fingerprint density at radius 1 is 1.04 bits per heavy atom. The Labute approximate surface area is 269 Å². The average molecular weight is 679 g/mol. The molecule has 0 bridgehead atoms. The molecule has 254 valence electrons. The lowest BCUT2D eigenvalue weighted by molar-refractivity contribution is -0.137. The fraction of sp³-hybridized carbons (Fsp3) is 0.452. The first kappa shape index (κ1) is 34.4. The zero-order valence-electron chi connectivity index (χ0n) is 26.5. The van der Waals surface area contributed by atoms with Crippen LogP contribution in [0.15, 0.2) is 36.8 Å². The molecule has 0 aliphatic heterocycles. The molecule has 0 saturated heterocycles. The van der Waals surface area contributed by atoms with Crippen molar-refractivity contribution in [1.29, 1.82) is 0 Å². The van der Waals surface area contributed by atoms with Gasteiger partial charge in [-0.15, -0.1) is 0 Å². The molecule has 1 aliphatic carbocycles. The van der Waals surface area contributed by atoms with Gasteiger partial charge in [-0.1, -0.05) is 6.07 Å². The fourth-order valence-electron chi connectivity index (χ4n) is 5.79. The number of rotatable bonds is 12. The number of benzene rings is 1. The molecule has 4 N–H and O–H groups in total. The van der Waals surface area contributed by atoms with Crippen LogP contribution >= 0.6 is 7.60 Å². The van der Waals surface area contributed by atoms with Crippen molar-refractivity contribution in [2.45, 2.75) is 63.9 Å². The Balaban J connectivity index is 1.48. The molecule has 4 aromatic rings. The molecule has 12 nitrogen and oxygen atoms in total. The zero-order chi connectivity index (χ0) is 33.9. The summed E-state index contributed by atoms with van der Waals surface area (Å²) in [5.41, 5.74) is 0.658. The van der Waals surface area contributed by atoms with Gasteiger partial charge in [0.15, 0.2) is 0 Å². The summed E-state index contributed by atoms with van der Waals surface area (Å²) in [5.74, 6) is -0.541. The van der Waals surface area contributed by atoms with Crippen molar-refractivity contribution in [3.8, 4) is 11.6 Å². The minimum absolute atomic E-state index is 0.00745. The molecule has 0 atom stereocenters. The van der Waals surface area contributed by atoms with Crippen LogP contribution in [0.3, 0.4) is 0 Å². The highest BCUT2D eigenvalue weighted by Crippen LogP contribution is 2.52. The molecule has 0 amide bonds. The Morgan fingerprint density at radius 2 is 1.74 bits per heavy atom. The topological polar surface area (TPSA) is 153 Å². The molecule has 47 heavy (non-hydrogen) atoms. The van der Waals surface area contributed by atoms with E-state index >= 15 is 0 Å². The van der Waals surface area contributed by atoms with Crippen molar-refractivity contribution in [3.05, 3.63) is 53.6 Å².